The van der Waals surface area contributed by atoms with Gasteiger partial charge in [0, 0.05) is 11.5 Å². The second-order valence-corrected chi connectivity index (χ2v) is 6.11. The second-order valence-electron chi connectivity index (χ2n) is 6.11. The highest BCUT2D eigenvalue weighted by Gasteiger charge is 2.44. The zero-order valence-corrected chi connectivity index (χ0v) is 15.2. The molecule has 0 unspecified atom stereocenters. The molecule has 1 aliphatic heterocycles. The van der Waals surface area contributed by atoms with Crippen molar-refractivity contribution in [2.24, 2.45) is 0 Å². The highest BCUT2D eigenvalue weighted by atomic mass is 19.4. The Bertz CT molecular complexity index is 856. The molecule has 0 atom stereocenters. The van der Waals surface area contributed by atoms with Crippen molar-refractivity contribution in [2.75, 3.05) is 32.4 Å². The number of aromatic nitrogens is 2. The summed E-state index contributed by atoms with van der Waals surface area (Å²) in [6, 6.07) is 2.64. The molecule has 11 heteroatoms. The Morgan fingerprint density at radius 1 is 1.14 bits per heavy atom. The number of ether oxygens (including phenoxy) is 2. The average molecular weight is 400 g/mol. The number of benzene rings is 1. The number of carbonyl (C=O) groups is 1. The van der Waals surface area contributed by atoms with Gasteiger partial charge in [0.05, 0.1) is 25.8 Å². The van der Waals surface area contributed by atoms with E-state index in [1.165, 1.54) is 20.5 Å². The van der Waals surface area contributed by atoms with Gasteiger partial charge in [-0.1, -0.05) is 0 Å². The normalized spacial score (nSPS) is 15.3. The van der Waals surface area contributed by atoms with E-state index >= 15 is 0 Å². The average Bonchev–Trinajstić information content (AvgIpc) is 2.70. The first-order valence-electron chi connectivity index (χ1n) is 8.51. The first-order chi connectivity index (χ1) is 13.3. The fourth-order valence-corrected chi connectivity index (χ4v) is 3.02. The molecule has 0 radical (unpaired) electrons. The largest absolute Gasteiger partial charge is 0.493 e. The number of hydrogen-bond acceptors (Lipinski definition) is 8. The molecule has 1 saturated heterocycles. The maximum Gasteiger partial charge on any atom is 0.493 e. The Morgan fingerprint density at radius 3 is 2.39 bits per heavy atom. The summed E-state index contributed by atoms with van der Waals surface area (Å²) in [6.07, 6.45) is -2.98. The number of fused-ring (bicyclic) bond motifs is 1. The molecule has 2 aromatic rings. The van der Waals surface area contributed by atoms with Crippen molar-refractivity contribution in [1.29, 1.82) is 0 Å². The maximum atomic E-state index is 12.8. The number of alkyl halides is 3. The molecule has 3 rings (SSSR count). The zero-order chi connectivity index (χ0) is 20.3. The summed E-state index contributed by atoms with van der Waals surface area (Å²) in [4.78, 5) is 24.6. The van der Waals surface area contributed by atoms with E-state index in [4.69, 9.17) is 14.3 Å². The Kier molecular flexibility index (Phi) is 5.73. The van der Waals surface area contributed by atoms with E-state index in [9.17, 15) is 18.0 Å². The molecule has 1 fully saturated rings. The monoisotopic (exact) mass is 400 g/mol. The first-order valence-corrected chi connectivity index (χ1v) is 8.51. The third kappa shape index (κ3) is 4.03. The van der Waals surface area contributed by atoms with Crippen LogP contribution in [0.1, 0.15) is 12.8 Å². The lowest BCUT2D eigenvalue weighted by molar-refractivity contribution is -0.202. The Labute approximate surface area is 158 Å². The molecule has 1 aromatic carbocycles. The standard InChI is InChI=1S/C17H19F3N4O4/c1-26-13-7-11-12(8-14(13)27-2)22-9-23-15(11)24(10-3-5-21-6-4-10)28-16(25)17(18,19)20/h7-10,21H,3-6H2,1-2H3. The van der Waals surface area contributed by atoms with Crippen LogP contribution in [0.15, 0.2) is 18.5 Å². The van der Waals surface area contributed by atoms with Gasteiger partial charge in [-0.3, -0.25) is 0 Å². The molecule has 8 nitrogen and oxygen atoms in total. The second kappa shape index (κ2) is 8.05. The fraction of sp³-hybridized carbons (Fsp3) is 0.471. The van der Waals surface area contributed by atoms with Crippen LogP contribution in [0.5, 0.6) is 11.5 Å². The number of hydroxylamine groups is 1. The van der Waals surface area contributed by atoms with Gasteiger partial charge in [0.25, 0.3) is 0 Å². The van der Waals surface area contributed by atoms with Crippen molar-refractivity contribution >= 4 is 22.7 Å². The number of rotatable bonds is 5. The van der Waals surface area contributed by atoms with E-state index in [1.54, 1.807) is 12.1 Å². The molecule has 28 heavy (non-hydrogen) atoms. The van der Waals surface area contributed by atoms with Gasteiger partial charge in [-0.05, 0) is 32.0 Å². The van der Waals surface area contributed by atoms with Crippen LogP contribution in [0.3, 0.4) is 0 Å². The number of nitrogens with zero attached hydrogens (tertiary/aromatic N) is 3. The van der Waals surface area contributed by atoms with Crippen LogP contribution in [-0.4, -0.2) is 55.5 Å². The quantitative estimate of drug-likeness (QED) is 0.765. The third-order valence-electron chi connectivity index (χ3n) is 4.38. The van der Waals surface area contributed by atoms with Crippen molar-refractivity contribution in [1.82, 2.24) is 15.3 Å². The zero-order valence-electron chi connectivity index (χ0n) is 15.2. The topological polar surface area (TPSA) is 85.8 Å². The lowest BCUT2D eigenvalue weighted by Gasteiger charge is -2.33. The van der Waals surface area contributed by atoms with Crippen LogP contribution in [-0.2, 0) is 9.63 Å². The molecule has 1 N–H and O–H groups in total. The van der Waals surface area contributed by atoms with Crippen LogP contribution in [0, 0.1) is 0 Å². The van der Waals surface area contributed by atoms with Crippen molar-refractivity contribution in [3.8, 4) is 11.5 Å². The number of halogens is 3. The lowest BCUT2D eigenvalue weighted by Crippen LogP contribution is -2.46. The summed E-state index contributed by atoms with van der Waals surface area (Å²) in [6.45, 7) is 1.15. The smallest absolute Gasteiger partial charge is 0.493 e. The van der Waals surface area contributed by atoms with Gasteiger partial charge in [-0.2, -0.15) is 18.2 Å². The predicted octanol–water partition coefficient (Wildman–Crippen LogP) is 2.23. The Morgan fingerprint density at radius 2 is 1.79 bits per heavy atom. The molecule has 0 saturated carbocycles. The van der Waals surface area contributed by atoms with Crippen LogP contribution in [0.4, 0.5) is 19.0 Å². The summed E-state index contributed by atoms with van der Waals surface area (Å²) in [5, 5.41) is 4.42. The van der Waals surface area contributed by atoms with Gasteiger partial charge < -0.3 is 19.6 Å². The molecule has 1 aromatic heterocycles. The fourth-order valence-electron chi connectivity index (χ4n) is 3.02. The third-order valence-corrected chi connectivity index (χ3v) is 4.38. The van der Waals surface area contributed by atoms with Gasteiger partial charge >= 0.3 is 12.1 Å². The van der Waals surface area contributed by atoms with E-state index in [0.717, 1.165) is 5.06 Å². The molecular weight excluding hydrogens is 381 g/mol. The van der Waals surface area contributed by atoms with Crippen molar-refractivity contribution in [2.45, 2.75) is 25.1 Å². The van der Waals surface area contributed by atoms with Crippen molar-refractivity contribution in [3.63, 3.8) is 0 Å². The molecule has 152 valence electrons. The molecule has 0 bridgehead atoms. The molecule has 2 heterocycles. The highest BCUT2D eigenvalue weighted by molar-refractivity contribution is 5.92. The lowest BCUT2D eigenvalue weighted by atomic mass is 10.1. The minimum atomic E-state index is -5.13. The van der Waals surface area contributed by atoms with Gasteiger partial charge in [0.15, 0.2) is 17.3 Å². The van der Waals surface area contributed by atoms with Crippen LogP contribution < -0.4 is 19.9 Å². The first kappa shape index (κ1) is 19.9. The van der Waals surface area contributed by atoms with Crippen LogP contribution in [0.2, 0.25) is 0 Å². The predicted molar refractivity (Wildman–Crippen MR) is 93.2 cm³/mol. The number of hydrogen-bond donors (Lipinski definition) is 1. The van der Waals surface area contributed by atoms with E-state index < -0.39 is 18.2 Å². The molecule has 1 aliphatic rings. The molecule has 0 amide bonds. The van der Waals surface area contributed by atoms with Crippen molar-refractivity contribution < 1.29 is 32.3 Å². The number of nitrogens with one attached hydrogen (secondary N) is 1. The van der Waals surface area contributed by atoms with E-state index in [1.807, 2.05) is 0 Å². The van der Waals surface area contributed by atoms with E-state index in [-0.39, 0.29) is 5.82 Å². The number of piperidine rings is 1. The molecule has 0 aliphatic carbocycles. The van der Waals surface area contributed by atoms with Gasteiger partial charge in [-0.25, -0.2) is 14.8 Å². The number of carbonyl (C=O) groups excluding carboxylic acids is 1. The van der Waals surface area contributed by atoms with E-state index in [2.05, 4.69) is 15.3 Å². The summed E-state index contributed by atoms with van der Waals surface area (Å²) < 4.78 is 49.0. The van der Waals surface area contributed by atoms with Gasteiger partial charge in [0.2, 0.25) is 0 Å². The Hall–Kier alpha value is -2.82. The minimum absolute atomic E-state index is 0.0513. The summed E-state index contributed by atoms with van der Waals surface area (Å²) in [5.41, 5.74) is 0.407. The maximum absolute atomic E-state index is 12.8. The SMILES string of the molecule is COc1cc2ncnc(N(OC(=O)C(F)(F)F)C3CCNCC3)c2cc1OC. The van der Waals surface area contributed by atoms with Crippen LogP contribution >= 0.6 is 0 Å². The summed E-state index contributed by atoms with van der Waals surface area (Å²) in [5.74, 6) is -1.51. The number of anilines is 1. The summed E-state index contributed by atoms with van der Waals surface area (Å²) in [7, 11) is 2.89. The van der Waals surface area contributed by atoms with Crippen LogP contribution in [0.25, 0.3) is 10.9 Å². The number of methoxy groups -OCH3 is 2. The minimum Gasteiger partial charge on any atom is -0.493 e. The Balaban J connectivity index is 2.10. The van der Waals surface area contributed by atoms with Gasteiger partial charge in [0.1, 0.15) is 6.33 Å². The van der Waals surface area contributed by atoms with Crippen molar-refractivity contribution in [3.05, 3.63) is 18.5 Å². The summed E-state index contributed by atoms with van der Waals surface area (Å²) >= 11 is 0. The molecular formula is C17H19F3N4O4. The highest BCUT2D eigenvalue weighted by Crippen LogP contribution is 2.36. The van der Waals surface area contributed by atoms with E-state index in [0.29, 0.717) is 48.3 Å². The van der Waals surface area contributed by atoms with Gasteiger partial charge in [-0.15, -0.1) is 0 Å². The molecule has 0 spiro atoms.